The highest BCUT2D eigenvalue weighted by Gasteiger charge is 2.06. The van der Waals surface area contributed by atoms with Crippen LogP contribution in [0.2, 0.25) is 0 Å². The van der Waals surface area contributed by atoms with Crippen molar-refractivity contribution in [1.82, 2.24) is 0 Å². The predicted molar refractivity (Wildman–Crippen MR) is 73.7 cm³/mol. The second-order valence-electron chi connectivity index (χ2n) is 4.68. The first-order chi connectivity index (χ1) is 8.45. The molecular weight excluding hydrogens is 204 g/mol. The highest BCUT2D eigenvalue weighted by atomic mass is 14.1. The Morgan fingerprint density at radius 3 is 2.82 bits per heavy atom. The van der Waals surface area contributed by atoms with E-state index in [0.717, 1.165) is 17.9 Å². The van der Waals surface area contributed by atoms with E-state index in [4.69, 9.17) is 0 Å². The van der Waals surface area contributed by atoms with Crippen molar-refractivity contribution >= 4 is 0 Å². The first kappa shape index (κ1) is 12.0. The maximum absolute atomic E-state index is 3.27. The van der Waals surface area contributed by atoms with E-state index in [1.54, 1.807) is 0 Å². The second kappa shape index (κ2) is 6.97. The van der Waals surface area contributed by atoms with Gasteiger partial charge in [-0.2, -0.15) is 0 Å². The van der Waals surface area contributed by atoms with Crippen molar-refractivity contribution < 1.29 is 0 Å². The average molecular weight is 224 g/mol. The summed E-state index contributed by atoms with van der Waals surface area (Å²) >= 11 is 0. The summed E-state index contributed by atoms with van der Waals surface area (Å²) in [5.41, 5.74) is 1.13. The van der Waals surface area contributed by atoms with Gasteiger partial charge in [0.15, 0.2) is 0 Å². The molecule has 0 nitrogen and oxygen atoms in total. The minimum atomic E-state index is 0.822. The second-order valence-corrected chi connectivity index (χ2v) is 4.68. The molecule has 0 amide bonds. The van der Waals surface area contributed by atoms with Crippen molar-refractivity contribution in [2.45, 2.75) is 38.5 Å². The normalized spacial score (nSPS) is 18.5. The van der Waals surface area contributed by atoms with Gasteiger partial charge in [-0.05, 0) is 50.2 Å². The van der Waals surface area contributed by atoms with Gasteiger partial charge in [0.25, 0.3) is 0 Å². The van der Waals surface area contributed by atoms with Crippen LogP contribution in [0.4, 0.5) is 0 Å². The van der Waals surface area contributed by atoms with Gasteiger partial charge >= 0.3 is 0 Å². The first-order valence-corrected chi connectivity index (χ1v) is 6.66. The Bertz CT molecular complexity index is 403. The number of benzene rings is 1. The Morgan fingerprint density at radius 2 is 2.06 bits per heavy atom. The predicted octanol–water partition coefficient (Wildman–Crippen LogP) is 4.56. The van der Waals surface area contributed by atoms with Gasteiger partial charge in [0.2, 0.25) is 0 Å². The SMILES string of the molecule is C(#Cc1ccccc1)CCCC1C=CCCC1. The molecule has 1 aliphatic rings. The van der Waals surface area contributed by atoms with Crippen LogP contribution in [0, 0.1) is 17.8 Å². The summed E-state index contributed by atoms with van der Waals surface area (Å²) in [6.45, 7) is 0. The maximum atomic E-state index is 3.27. The molecule has 0 radical (unpaired) electrons. The van der Waals surface area contributed by atoms with E-state index in [9.17, 15) is 0 Å². The number of allylic oxidation sites excluding steroid dienone is 2. The van der Waals surface area contributed by atoms with Crippen LogP contribution in [0.25, 0.3) is 0 Å². The Hall–Kier alpha value is -1.48. The van der Waals surface area contributed by atoms with Crippen molar-refractivity contribution in [2.24, 2.45) is 5.92 Å². The highest BCUT2D eigenvalue weighted by molar-refractivity contribution is 5.33. The summed E-state index contributed by atoms with van der Waals surface area (Å²) in [7, 11) is 0. The van der Waals surface area contributed by atoms with Crippen molar-refractivity contribution in [2.75, 3.05) is 0 Å². The molecule has 2 rings (SSSR count). The Morgan fingerprint density at radius 1 is 1.18 bits per heavy atom. The van der Waals surface area contributed by atoms with Crippen LogP contribution in [0.15, 0.2) is 42.5 Å². The van der Waals surface area contributed by atoms with Gasteiger partial charge in [-0.15, -0.1) is 0 Å². The standard InChI is InChI=1S/C17H20/c1-4-10-16(11-5-1)14-8-3-9-15-17-12-6-2-7-13-17/h1,4-6,10-12,17H,2-3,7,9,13,15H2. The smallest absolute Gasteiger partial charge is 0.0245 e. The zero-order chi connectivity index (χ0) is 11.8. The summed E-state index contributed by atoms with van der Waals surface area (Å²) in [4.78, 5) is 0. The molecule has 88 valence electrons. The largest absolute Gasteiger partial charge is 0.0979 e. The van der Waals surface area contributed by atoms with Gasteiger partial charge in [-0.3, -0.25) is 0 Å². The van der Waals surface area contributed by atoms with Gasteiger partial charge < -0.3 is 0 Å². The van der Waals surface area contributed by atoms with Crippen LogP contribution in [0.1, 0.15) is 44.1 Å². The minimum Gasteiger partial charge on any atom is -0.0979 e. The lowest BCUT2D eigenvalue weighted by Gasteiger charge is -2.14. The zero-order valence-corrected chi connectivity index (χ0v) is 10.4. The Labute approximate surface area is 105 Å². The molecule has 1 unspecified atom stereocenters. The molecule has 1 atom stereocenters. The monoisotopic (exact) mass is 224 g/mol. The lowest BCUT2D eigenvalue weighted by atomic mass is 9.91. The van der Waals surface area contributed by atoms with E-state index in [-0.39, 0.29) is 0 Å². The summed E-state index contributed by atoms with van der Waals surface area (Å²) in [5.74, 6) is 7.30. The summed E-state index contributed by atoms with van der Waals surface area (Å²) in [6, 6.07) is 10.2. The Balaban J connectivity index is 1.68. The third-order valence-electron chi connectivity index (χ3n) is 3.24. The molecule has 1 aliphatic carbocycles. The molecule has 0 heterocycles. The summed E-state index contributed by atoms with van der Waals surface area (Å²) < 4.78 is 0. The fraction of sp³-hybridized carbons (Fsp3) is 0.412. The molecule has 0 N–H and O–H groups in total. The molecule has 0 saturated carbocycles. The molecule has 0 spiro atoms. The van der Waals surface area contributed by atoms with Crippen LogP contribution >= 0.6 is 0 Å². The number of hydrogen-bond acceptors (Lipinski definition) is 0. The molecule has 0 fully saturated rings. The fourth-order valence-electron chi connectivity index (χ4n) is 2.26. The average Bonchev–Trinajstić information content (AvgIpc) is 2.41. The fourth-order valence-corrected chi connectivity index (χ4v) is 2.26. The number of rotatable bonds is 3. The lowest BCUT2D eigenvalue weighted by Crippen LogP contribution is -1.99. The quantitative estimate of drug-likeness (QED) is 0.401. The highest BCUT2D eigenvalue weighted by Crippen LogP contribution is 2.21. The molecule has 0 bridgehead atoms. The van der Waals surface area contributed by atoms with Crippen molar-refractivity contribution in [3.63, 3.8) is 0 Å². The van der Waals surface area contributed by atoms with Gasteiger partial charge in [-0.1, -0.05) is 42.2 Å². The van der Waals surface area contributed by atoms with Gasteiger partial charge in [-0.25, -0.2) is 0 Å². The molecule has 1 aromatic rings. The van der Waals surface area contributed by atoms with E-state index in [0.29, 0.717) is 0 Å². The van der Waals surface area contributed by atoms with Crippen LogP contribution in [-0.4, -0.2) is 0 Å². The van der Waals surface area contributed by atoms with E-state index >= 15 is 0 Å². The molecule has 17 heavy (non-hydrogen) atoms. The van der Waals surface area contributed by atoms with Gasteiger partial charge in [0.05, 0.1) is 0 Å². The molecule has 0 saturated heterocycles. The van der Waals surface area contributed by atoms with Crippen molar-refractivity contribution in [3.05, 3.63) is 48.0 Å². The van der Waals surface area contributed by atoms with Crippen molar-refractivity contribution in [1.29, 1.82) is 0 Å². The van der Waals surface area contributed by atoms with Gasteiger partial charge in [0.1, 0.15) is 0 Å². The van der Waals surface area contributed by atoms with Crippen molar-refractivity contribution in [3.8, 4) is 11.8 Å². The first-order valence-electron chi connectivity index (χ1n) is 6.66. The molecule has 0 aliphatic heterocycles. The van der Waals surface area contributed by atoms with E-state index < -0.39 is 0 Å². The number of unbranched alkanes of at least 4 members (excludes halogenated alkanes) is 1. The van der Waals surface area contributed by atoms with Crippen LogP contribution in [0.5, 0.6) is 0 Å². The topological polar surface area (TPSA) is 0 Å². The molecule has 0 heteroatoms. The zero-order valence-electron chi connectivity index (χ0n) is 10.4. The van der Waals surface area contributed by atoms with E-state index in [2.05, 4.69) is 36.1 Å². The number of hydrogen-bond donors (Lipinski definition) is 0. The van der Waals surface area contributed by atoms with Gasteiger partial charge in [0, 0.05) is 12.0 Å². The van der Waals surface area contributed by atoms with Crippen LogP contribution in [-0.2, 0) is 0 Å². The summed E-state index contributed by atoms with van der Waals surface area (Å²) in [5, 5.41) is 0. The minimum absolute atomic E-state index is 0.822. The Kier molecular flexibility index (Phi) is 4.91. The van der Waals surface area contributed by atoms with E-state index in [1.807, 2.05) is 18.2 Å². The van der Waals surface area contributed by atoms with Crippen LogP contribution < -0.4 is 0 Å². The molecule has 0 aromatic heterocycles. The summed E-state index contributed by atoms with van der Waals surface area (Å²) in [6.07, 6.45) is 12.3. The van der Waals surface area contributed by atoms with Crippen LogP contribution in [0.3, 0.4) is 0 Å². The van der Waals surface area contributed by atoms with E-state index in [1.165, 1.54) is 32.1 Å². The molecule has 1 aromatic carbocycles. The molecular formula is C17H20. The third kappa shape index (κ3) is 4.49. The lowest BCUT2D eigenvalue weighted by molar-refractivity contribution is 0.492. The maximum Gasteiger partial charge on any atom is 0.0245 e. The third-order valence-corrected chi connectivity index (χ3v) is 3.24.